The van der Waals surface area contributed by atoms with Crippen LogP contribution in [0.2, 0.25) is 0 Å². The van der Waals surface area contributed by atoms with E-state index in [1.807, 2.05) is 11.3 Å². The predicted molar refractivity (Wildman–Crippen MR) is 73.2 cm³/mol. The van der Waals surface area contributed by atoms with Gasteiger partial charge in [0.1, 0.15) is 0 Å². The first-order chi connectivity index (χ1) is 7.45. The van der Waals surface area contributed by atoms with Gasteiger partial charge in [0.05, 0.1) is 0 Å². The van der Waals surface area contributed by atoms with Crippen molar-refractivity contribution in [3.05, 3.63) is 34.2 Å². The summed E-state index contributed by atoms with van der Waals surface area (Å²) in [6.45, 7) is 9.60. The third-order valence-electron chi connectivity index (χ3n) is 2.92. The Morgan fingerprint density at radius 2 is 1.94 bits per heavy atom. The van der Waals surface area contributed by atoms with Crippen molar-refractivity contribution in [2.45, 2.75) is 39.7 Å². The summed E-state index contributed by atoms with van der Waals surface area (Å²) in [5, 5.41) is 1.39. The van der Waals surface area contributed by atoms with Gasteiger partial charge in [-0.1, -0.05) is 39.0 Å². The van der Waals surface area contributed by atoms with E-state index in [0.717, 1.165) is 0 Å². The van der Waals surface area contributed by atoms with Crippen LogP contribution in [0.3, 0.4) is 0 Å². The summed E-state index contributed by atoms with van der Waals surface area (Å²) in [4.78, 5) is 1.33. The Morgan fingerprint density at radius 3 is 2.50 bits per heavy atom. The van der Waals surface area contributed by atoms with E-state index in [4.69, 9.17) is 5.73 Å². The SMILES string of the molecule is Cc1cccc2c(C(C)(C)C)c(CN)sc12. The Balaban J connectivity index is 2.84. The Kier molecular flexibility index (Phi) is 2.81. The highest BCUT2D eigenvalue weighted by molar-refractivity contribution is 7.19. The van der Waals surface area contributed by atoms with E-state index < -0.39 is 0 Å². The molecule has 86 valence electrons. The lowest BCUT2D eigenvalue weighted by Crippen LogP contribution is -2.14. The van der Waals surface area contributed by atoms with Crippen molar-refractivity contribution in [2.75, 3.05) is 0 Å². The molecule has 0 atom stereocenters. The summed E-state index contributed by atoms with van der Waals surface area (Å²) >= 11 is 1.85. The number of fused-ring (bicyclic) bond motifs is 1. The maximum Gasteiger partial charge on any atom is 0.0378 e. The molecule has 1 aromatic heterocycles. The van der Waals surface area contributed by atoms with Crippen LogP contribution in [-0.2, 0) is 12.0 Å². The summed E-state index contributed by atoms with van der Waals surface area (Å²) in [6.07, 6.45) is 0. The van der Waals surface area contributed by atoms with Crippen LogP contribution < -0.4 is 5.73 Å². The molecule has 2 rings (SSSR count). The number of rotatable bonds is 1. The molecular weight excluding hydrogens is 214 g/mol. The molecule has 0 saturated heterocycles. The smallest absolute Gasteiger partial charge is 0.0378 e. The van der Waals surface area contributed by atoms with Crippen molar-refractivity contribution in [1.29, 1.82) is 0 Å². The van der Waals surface area contributed by atoms with Crippen LogP contribution >= 0.6 is 11.3 Å². The molecule has 1 aromatic carbocycles. The number of hydrogen-bond acceptors (Lipinski definition) is 2. The molecular formula is C14H19NS. The molecule has 0 radical (unpaired) electrons. The van der Waals surface area contributed by atoms with E-state index in [1.54, 1.807) is 0 Å². The second kappa shape index (κ2) is 3.86. The third kappa shape index (κ3) is 1.76. The van der Waals surface area contributed by atoms with Crippen molar-refractivity contribution in [3.63, 3.8) is 0 Å². The molecule has 0 spiro atoms. The van der Waals surface area contributed by atoms with Gasteiger partial charge in [-0.25, -0.2) is 0 Å². The van der Waals surface area contributed by atoms with E-state index in [1.165, 1.54) is 26.1 Å². The molecule has 0 bridgehead atoms. The topological polar surface area (TPSA) is 26.0 Å². The molecule has 2 aromatic rings. The molecule has 0 fully saturated rings. The summed E-state index contributed by atoms with van der Waals surface area (Å²) < 4.78 is 1.40. The maximum absolute atomic E-state index is 5.87. The van der Waals surface area contributed by atoms with Crippen molar-refractivity contribution in [3.8, 4) is 0 Å². The summed E-state index contributed by atoms with van der Waals surface area (Å²) in [7, 11) is 0. The van der Waals surface area contributed by atoms with E-state index in [9.17, 15) is 0 Å². The van der Waals surface area contributed by atoms with Gasteiger partial charge in [0.2, 0.25) is 0 Å². The molecule has 0 amide bonds. The van der Waals surface area contributed by atoms with Crippen molar-refractivity contribution >= 4 is 21.4 Å². The van der Waals surface area contributed by atoms with Crippen molar-refractivity contribution < 1.29 is 0 Å². The van der Waals surface area contributed by atoms with Crippen LogP contribution in [0.1, 0.15) is 36.8 Å². The number of aryl methyl sites for hydroxylation is 1. The fourth-order valence-electron chi connectivity index (χ4n) is 2.28. The minimum atomic E-state index is 0.167. The first-order valence-electron chi connectivity index (χ1n) is 5.66. The average molecular weight is 233 g/mol. The van der Waals surface area contributed by atoms with Gasteiger partial charge in [-0.2, -0.15) is 0 Å². The summed E-state index contributed by atoms with van der Waals surface area (Å²) in [5.41, 5.74) is 8.82. The molecule has 0 aliphatic carbocycles. The van der Waals surface area contributed by atoms with E-state index in [-0.39, 0.29) is 5.41 Å². The Bertz CT molecular complexity index is 517. The largest absolute Gasteiger partial charge is 0.326 e. The Labute approximate surface area is 101 Å². The lowest BCUT2D eigenvalue weighted by molar-refractivity contribution is 0.591. The van der Waals surface area contributed by atoms with Gasteiger partial charge in [-0.3, -0.25) is 0 Å². The zero-order chi connectivity index (χ0) is 11.9. The molecule has 0 aliphatic rings. The summed E-state index contributed by atoms with van der Waals surface area (Å²) in [5.74, 6) is 0. The minimum Gasteiger partial charge on any atom is -0.326 e. The number of benzene rings is 1. The molecule has 2 N–H and O–H groups in total. The van der Waals surface area contributed by atoms with Crippen LogP contribution in [0.5, 0.6) is 0 Å². The molecule has 0 unspecified atom stereocenters. The zero-order valence-corrected chi connectivity index (χ0v) is 11.2. The van der Waals surface area contributed by atoms with Crippen LogP contribution in [-0.4, -0.2) is 0 Å². The highest BCUT2D eigenvalue weighted by Gasteiger charge is 2.23. The first-order valence-corrected chi connectivity index (χ1v) is 6.48. The molecule has 0 saturated carbocycles. The summed E-state index contributed by atoms with van der Waals surface area (Å²) in [6, 6.07) is 6.53. The lowest BCUT2D eigenvalue weighted by Gasteiger charge is -2.20. The van der Waals surface area contributed by atoms with Crippen LogP contribution in [0.25, 0.3) is 10.1 Å². The second-order valence-corrected chi connectivity index (χ2v) is 6.41. The first kappa shape index (κ1) is 11.6. The van der Waals surface area contributed by atoms with Gasteiger partial charge in [0, 0.05) is 16.1 Å². The lowest BCUT2D eigenvalue weighted by atomic mass is 9.84. The Morgan fingerprint density at radius 1 is 1.25 bits per heavy atom. The molecule has 2 heteroatoms. The molecule has 16 heavy (non-hydrogen) atoms. The van der Waals surface area contributed by atoms with E-state index in [2.05, 4.69) is 45.9 Å². The van der Waals surface area contributed by atoms with Gasteiger partial charge in [0.15, 0.2) is 0 Å². The van der Waals surface area contributed by atoms with Gasteiger partial charge in [-0.15, -0.1) is 11.3 Å². The molecule has 1 nitrogen and oxygen atoms in total. The van der Waals surface area contributed by atoms with Gasteiger partial charge in [0.25, 0.3) is 0 Å². The van der Waals surface area contributed by atoms with Crippen LogP contribution in [0, 0.1) is 6.92 Å². The van der Waals surface area contributed by atoms with Gasteiger partial charge in [-0.05, 0) is 28.9 Å². The standard InChI is InChI=1S/C14H19NS/c1-9-6-5-7-10-12(14(2,3)4)11(8-15)16-13(9)10/h5-7H,8,15H2,1-4H3. The van der Waals surface area contributed by atoms with Crippen molar-refractivity contribution in [2.24, 2.45) is 5.73 Å². The van der Waals surface area contributed by atoms with Gasteiger partial charge < -0.3 is 5.73 Å². The molecule has 0 aliphatic heterocycles. The molecule has 1 heterocycles. The minimum absolute atomic E-state index is 0.167. The van der Waals surface area contributed by atoms with E-state index in [0.29, 0.717) is 6.54 Å². The van der Waals surface area contributed by atoms with Gasteiger partial charge >= 0.3 is 0 Å². The fourth-order valence-corrected chi connectivity index (χ4v) is 3.63. The highest BCUT2D eigenvalue weighted by atomic mass is 32.1. The highest BCUT2D eigenvalue weighted by Crippen LogP contribution is 2.40. The second-order valence-electron chi connectivity index (χ2n) is 5.31. The predicted octanol–water partition coefficient (Wildman–Crippen LogP) is 3.97. The number of nitrogens with two attached hydrogens (primary N) is 1. The number of hydrogen-bond donors (Lipinski definition) is 1. The van der Waals surface area contributed by atoms with E-state index >= 15 is 0 Å². The average Bonchev–Trinajstić information content (AvgIpc) is 2.57. The normalized spacial score (nSPS) is 12.3. The van der Waals surface area contributed by atoms with Crippen LogP contribution in [0.15, 0.2) is 18.2 Å². The maximum atomic E-state index is 5.87. The Hall–Kier alpha value is -0.860. The van der Waals surface area contributed by atoms with Crippen LogP contribution in [0.4, 0.5) is 0 Å². The van der Waals surface area contributed by atoms with Crippen molar-refractivity contribution in [1.82, 2.24) is 0 Å². The third-order valence-corrected chi connectivity index (χ3v) is 4.28. The number of thiophene rings is 1. The monoisotopic (exact) mass is 233 g/mol. The quantitative estimate of drug-likeness (QED) is 0.792. The fraction of sp³-hybridized carbons (Fsp3) is 0.429. The zero-order valence-electron chi connectivity index (χ0n) is 10.4.